The summed E-state index contributed by atoms with van der Waals surface area (Å²) in [6.45, 7) is 4.40. The first-order chi connectivity index (χ1) is 9.06. The average Bonchev–Trinajstić information content (AvgIpc) is 2.85. The van der Waals surface area contributed by atoms with E-state index in [9.17, 15) is 4.79 Å². The zero-order valence-corrected chi connectivity index (χ0v) is 13.0. The standard InChI is InChI=1S/C13H13BrN2O2S/c1-8(2)6-18-13(17)10-7-19-12(16-10)9-3-4-15-11(14)5-9/h3-5,7-8H,6H2,1-2H3. The molecule has 0 N–H and O–H groups in total. The number of ether oxygens (including phenoxy) is 1. The molecule has 0 amide bonds. The summed E-state index contributed by atoms with van der Waals surface area (Å²) in [6.07, 6.45) is 1.69. The van der Waals surface area contributed by atoms with Crippen LogP contribution in [0.3, 0.4) is 0 Å². The van der Waals surface area contributed by atoms with Crippen molar-refractivity contribution in [3.8, 4) is 10.6 Å². The maximum Gasteiger partial charge on any atom is 0.357 e. The summed E-state index contributed by atoms with van der Waals surface area (Å²) in [5.74, 6) is -0.0532. The Balaban J connectivity index is 2.13. The van der Waals surface area contributed by atoms with Crippen molar-refractivity contribution < 1.29 is 9.53 Å². The lowest BCUT2D eigenvalue weighted by molar-refractivity contribution is 0.0453. The number of halogens is 1. The average molecular weight is 341 g/mol. The lowest BCUT2D eigenvalue weighted by Crippen LogP contribution is -2.10. The van der Waals surface area contributed by atoms with Gasteiger partial charge in [0.1, 0.15) is 9.61 Å². The van der Waals surface area contributed by atoms with Crippen LogP contribution in [0.1, 0.15) is 24.3 Å². The van der Waals surface area contributed by atoms with Gasteiger partial charge in [0.2, 0.25) is 0 Å². The number of carbonyl (C=O) groups is 1. The molecule has 2 aromatic heterocycles. The second-order valence-corrected chi connectivity index (χ2v) is 6.07. The summed E-state index contributed by atoms with van der Waals surface area (Å²) in [6, 6.07) is 3.72. The zero-order valence-electron chi connectivity index (χ0n) is 10.6. The Morgan fingerprint density at radius 2 is 2.32 bits per heavy atom. The van der Waals surface area contributed by atoms with E-state index in [-0.39, 0.29) is 5.97 Å². The first-order valence-corrected chi connectivity index (χ1v) is 7.48. The van der Waals surface area contributed by atoms with Crippen molar-refractivity contribution in [3.63, 3.8) is 0 Å². The fraction of sp³-hybridized carbons (Fsp3) is 0.308. The number of pyridine rings is 1. The van der Waals surface area contributed by atoms with Crippen LogP contribution in [0.4, 0.5) is 0 Å². The fourth-order valence-corrected chi connectivity index (χ4v) is 2.50. The van der Waals surface area contributed by atoms with Gasteiger partial charge in [0.05, 0.1) is 6.61 Å². The topological polar surface area (TPSA) is 52.1 Å². The normalized spacial score (nSPS) is 10.7. The molecule has 6 heteroatoms. The van der Waals surface area contributed by atoms with Crippen molar-refractivity contribution in [2.45, 2.75) is 13.8 Å². The SMILES string of the molecule is CC(C)COC(=O)c1csc(-c2ccnc(Br)c2)n1. The monoisotopic (exact) mass is 340 g/mol. The third-order valence-electron chi connectivity index (χ3n) is 2.23. The van der Waals surface area contributed by atoms with E-state index in [0.29, 0.717) is 18.2 Å². The molecule has 2 heterocycles. The van der Waals surface area contributed by atoms with Crippen LogP contribution in [0.15, 0.2) is 28.3 Å². The van der Waals surface area contributed by atoms with E-state index in [1.807, 2.05) is 26.0 Å². The van der Waals surface area contributed by atoms with Crippen molar-refractivity contribution in [1.82, 2.24) is 9.97 Å². The van der Waals surface area contributed by atoms with Gasteiger partial charge in [0.25, 0.3) is 0 Å². The summed E-state index contributed by atoms with van der Waals surface area (Å²) >= 11 is 4.72. The molecular formula is C13H13BrN2O2S. The van der Waals surface area contributed by atoms with Gasteiger partial charge in [-0.2, -0.15) is 0 Å². The van der Waals surface area contributed by atoms with Crippen LogP contribution in [0.25, 0.3) is 10.6 Å². The molecule has 100 valence electrons. The molecule has 4 nitrogen and oxygen atoms in total. The Bertz CT molecular complexity index is 584. The van der Waals surface area contributed by atoms with Crippen LogP contribution in [0, 0.1) is 5.92 Å². The lowest BCUT2D eigenvalue weighted by Gasteiger charge is -2.04. The van der Waals surface area contributed by atoms with E-state index in [1.165, 1.54) is 11.3 Å². The molecular weight excluding hydrogens is 328 g/mol. The smallest absolute Gasteiger partial charge is 0.357 e. The Labute approximate surface area is 124 Å². The van der Waals surface area contributed by atoms with Gasteiger partial charge in [-0.3, -0.25) is 0 Å². The van der Waals surface area contributed by atoms with Gasteiger partial charge in [-0.05, 0) is 34.0 Å². The number of hydrogen-bond donors (Lipinski definition) is 0. The summed E-state index contributed by atoms with van der Waals surface area (Å²) < 4.78 is 5.89. The van der Waals surface area contributed by atoms with Crippen LogP contribution < -0.4 is 0 Å². The Kier molecular flexibility index (Phi) is 4.66. The number of thiazole rings is 1. The number of hydrogen-bond acceptors (Lipinski definition) is 5. The minimum Gasteiger partial charge on any atom is -0.461 e. The van der Waals surface area contributed by atoms with E-state index in [0.717, 1.165) is 15.2 Å². The minimum absolute atomic E-state index is 0.318. The molecule has 0 bridgehead atoms. The van der Waals surface area contributed by atoms with Crippen LogP contribution in [-0.2, 0) is 4.74 Å². The quantitative estimate of drug-likeness (QED) is 0.627. The largest absolute Gasteiger partial charge is 0.461 e. The molecule has 19 heavy (non-hydrogen) atoms. The first-order valence-electron chi connectivity index (χ1n) is 5.81. The summed E-state index contributed by atoms with van der Waals surface area (Å²) in [5, 5.41) is 2.49. The van der Waals surface area contributed by atoms with Gasteiger partial charge in [-0.1, -0.05) is 13.8 Å². The van der Waals surface area contributed by atoms with Gasteiger partial charge in [0.15, 0.2) is 5.69 Å². The van der Waals surface area contributed by atoms with Gasteiger partial charge in [0, 0.05) is 17.1 Å². The second kappa shape index (κ2) is 6.25. The molecule has 0 aromatic carbocycles. The van der Waals surface area contributed by atoms with E-state index in [2.05, 4.69) is 25.9 Å². The van der Waals surface area contributed by atoms with Gasteiger partial charge in [-0.15, -0.1) is 11.3 Å². The van der Waals surface area contributed by atoms with Crippen molar-refractivity contribution >= 4 is 33.2 Å². The molecule has 0 aliphatic heterocycles. The van der Waals surface area contributed by atoms with Crippen LogP contribution in [0.5, 0.6) is 0 Å². The number of rotatable bonds is 4. The van der Waals surface area contributed by atoms with Crippen LogP contribution in [0.2, 0.25) is 0 Å². The highest BCUT2D eigenvalue weighted by Crippen LogP contribution is 2.25. The molecule has 0 aliphatic rings. The van der Waals surface area contributed by atoms with E-state index >= 15 is 0 Å². The number of carbonyl (C=O) groups excluding carboxylic acids is 1. The predicted molar refractivity (Wildman–Crippen MR) is 78.2 cm³/mol. The zero-order chi connectivity index (χ0) is 13.8. The Morgan fingerprint density at radius 1 is 1.53 bits per heavy atom. The number of esters is 1. The fourth-order valence-electron chi connectivity index (χ4n) is 1.35. The highest BCUT2D eigenvalue weighted by molar-refractivity contribution is 9.10. The number of nitrogens with zero attached hydrogens (tertiary/aromatic N) is 2. The summed E-state index contributed by atoms with van der Waals surface area (Å²) in [5.41, 5.74) is 1.28. The van der Waals surface area contributed by atoms with Crippen molar-refractivity contribution in [2.24, 2.45) is 5.92 Å². The van der Waals surface area contributed by atoms with Gasteiger partial charge < -0.3 is 4.74 Å². The van der Waals surface area contributed by atoms with E-state index < -0.39 is 0 Å². The van der Waals surface area contributed by atoms with Gasteiger partial charge >= 0.3 is 5.97 Å². The third-order valence-corrected chi connectivity index (χ3v) is 3.56. The predicted octanol–water partition coefficient (Wildman–Crippen LogP) is 3.78. The molecule has 0 saturated heterocycles. The molecule has 0 spiro atoms. The van der Waals surface area contributed by atoms with Crippen LogP contribution >= 0.6 is 27.3 Å². The lowest BCUT2D eigenvalue weighted by atomic mass is 10.2. The highest BCUT2D eigenvalue weighted by atomic mass is 79.9. The van der Waals surface area contributed by atoms with E-state index in [1.54, 1.807) is 11.6 Å². The maximum absolute atomic E-state index is 11.8. The number of aromatic nitrogens is 2. The molecule has 0 fully saturated rings. The van der Waals surface area contributed by atoms with Crippen molar-refractivity contribution in [2.75, 3.05) is 6.61 Å². The molecule has 0 atom stereocenters. The Hall–Kier alpha value is -1.27. The first kappa shape index (κ1) is 14.1. The molecule has 0 radical (unpaired) electrons. The highest BCUT2D eigenvalue weighted by Gasteiger charge is 2.13. The molecule has 2 rings (SSSR count). The molecule has 0 aliphatic carbocycles. The van der Waals surface area contributed by atoms with Crippen LogP contribution in [-0.4, -0.2) is 22.5 Å². The molecule has 0 unspecified atom stereocenters. The van der Waals surface area contributed by atoms with Gasteiger partial charge in [-0.25, -0.2) is 14.8 Å². The minimum atomic E-state index is -0.371. The molecule has 2 aromatic rings. The maximum atomic E-state index is 11.8. The summed E-state index contributed by atoms with van der Waals surface area (Å²) in [4.78, 5) is 20.1. The Morgan fingerprint density at radius 3 is 3.00 bits per heavy atom. The second-order valence-electron chi connectivity index (χ2n) is 4.40. The molecule has 0 saturated carbocycles. The summed E-state index contributed by atoms with van der Waals surface area (Å²) in [7, 11) is 0. The van der Waals surface area contributed by atoms with E-state index in [4.69, 9.17) is 4.74 Å². The third kappa shape index (κ3) is 3.84. The van der Waals surface area contributed by atoms with Crippen molar-refractivity contribution in [3.05, 3.63) is 34.0 Å². The van der Waals surface area contributed by atoms with Crippen molar-refractivity contribution in [1.29, 1.82) is 0 Å².